The SMILES string of the molecule is COc1cc(N[C@@H]2CCNC2)cc(OC)c1. The summed E-state index contributed by atoms with van der Waals surface area (Å²) in [5.41, 5.74) is 1.05. The molecule has 1 atom stereocenters. The van der Waals surface area contributed by atoms with E-state index >= 15 is 0 Å². The summed E-state index contributed by atoms with van der Waals surface area (Å²) in [6.07, 6.45) is 1.15. The minimum absolute atomic E-state index is 0.497. The molecule has 1 saturated heterocycles. The maximum atomic E-state index is 5.23. The zero-order chi connectivity index (χ0) is 11.4. The summed E-state index contributed by atoms with van der Waals surface area (Å²) in [5.74, 6) is 1.63. The highest BCUT2D eigenvalue weighted by molar-refractivity contribution is 5.54. The van der Waals surface area contributed by atoms with Crippen molar-refractivity contribution in [3.63, 3.8) is 0 Å². The minimum Gasteiger partial charge on any atom is -0.497 e. The van der Waals surface area contributed by atoms with Crippen LogP contribution in [0.3, 0.4) is 0 Å². The Labute approximate surface area is 95.9 Å². The van der Waals surface area contributed by atoms with Crippen LogP contribution in [0.25, 0.3) is 0 Å². The third kappa shape index (κ3) is 2.58. The van der Waals surface area contributed by atoms with Gasteiger partial charge in [-0.05, 0) is 13.0 Å². The molecule has 4 nitrogen and oxygen atoms in total. The molecule has 1 aromatic carbocycles. The first kappa shape index (κ1) is 11.1. The molecule has 4 heteroatoms. The van der Waals surface area contributed by atoms with Crippen molar-refractivity contribution in [2.45, 2.75) is 12.5 Å². The Morgan fingerprint density at radius 3 is 2.38 bits per heavy atom. The number of hydrogen-bond donors (Lipinski definition) is 2. The second-order valence-electron chi connectivity index (χ2n) is 3.94. The molecule has 1 aliphatic heterocycles. The summed E-state index contributed by atoms with van der Waals surface area (Å²) in [6, 6.07) is 6.34. The smallest absolute Gasteiger partial charge is 0.124 e. The fraction of sp³-hybridized carbons (Fsp3) is 0.500. The second-order valence-corrected chi connectivity index (χ2v) is 3.94. The Morgan fingerprint density at radius 2 is 1.88 bits per heavy atom. The van der Waals surface area contributed by atoms with Gasteiger partial charge in [-0.3, -0.25) is 0 Å². The molecule has 88 valence electrons. The van der Waals surface area contributed by atoms with Crippen LogP contribution < -0.4 is 20.1 Å². The van der Waals surface area contributed by atoms with E-state index in [9.17, 15) is 0 Å². The lowest BCUT2D eigenvalue weighted by atomic mass is 10.2. The molecule has 0 bridgehead atoms. The van der Waals surface area contributed by atoms with Gasteiger partial charge in [-0.1, -0.05) is 0 Å². The molecular weight excluding hydrogens is 204 g/mol. The fourth-order valence-corrected chi connectivity index (χ4v) is 1.90. The first-order chi connectivity index (χ1) is 7.81. The van der Waals surface area contributed by atoms with Gasteiger partial charge in [0.25, 0.3) is 0 Å². The Balaban J connectivity index is 2.12. The number of rotatable bonds is 4. The Kier molecular flexibility index (Phi) is 3.51. The van der Waals surface area contributed by atoms with Crippen LogP contribution in [0.2, 0.25) is 0 Å². The highest BCUT2D eigenvalue weighted by Crippen LogP contribution is 2.26. The van der Waals surface area contributed by atoms with Crippen molar-refractivity contribution in [2.24, 2.45) is 0 Å². The van der Waals surface area contributed by atoms with Crippen molar-refractivity contribution in [3.05, 3.63) is 18.2 Å². The van der Waals surface area contributed by atoms with Crippen molar-refractivity contribution < 1.29 is 9.47 Å². The van der Waals surface area contributed by atoms with Crippen LogP contribution in [0.5, 0.6) is 11.5 Å². The summed E-state index contributed by atoms with van der Waals surface area (Å²) >= 11 is 0. The molecule has 0 radical (unpaired) electrons. The largest absolute Gasteiger partial charge is 0.497 e. The van der Waals surface area contributed by atoms with Crippen LogP contribution >= 0.6 is 0 Å². The van der Waals surface area contributed by atoms with E-state index < -0.39 is 0 Å². The number of nitrogens with one attached hydrogen (secondary N) is 2. The summed E-state index contributed by atoms with van der Waals surface area (Å²) in [6.45, 7) is 2.10. The predicted octanol–water partition coefficient (Wildman–Crippen LogP) is 1.48. The molecule has 16 heavy (non-hydrogen) atoms. The average Bonchev–Trinajstić information content (AvgIpc) is 2.81. The van der Waals surface area contributed by atoms with E-state index in [0.717, 1.165) is 36.7 Å². The van der Waals surface area contributed by atoms with Crippen LogP contribution in [-0.2, 0) is 0 Å². The third-order valence-corrected chi connectivity index (χ3v) is 2.78. The van der Waals surface area contributed by atoms with Gasteiger partial charge in [0, 0.05) is 36.5 Å². The molecule has 0 unspecified atom stereocenters. The summed E-state index contributed by atoms with van der Waals surface area (Å²) < 4.78 is 10.5. The van der Waals surface area contributed by atoms with Crippen LogP contribution in [0, 0.1) is 0 Å². The van der Waals surface area contributed by atoms with Gasteiger partial charge in [0.2, 0.25) is 0 Å². The Morgan fingerprint density at radius 1 is 1.19 bits per heavy atom. The quantitative estimate of drug-likeness (QED) is 0.809. The maximum absolute atomic E-state index is 5.23. The average molecular weight is 222 g/mol. The van der Waals surface area contributed by atoms with Crippen LogP contribution in [0.4, 0.5) is 5.69 Å². The first-order valence-electron chi connectivity index (χ1n) is 5.52. The molecule has 1 aromatic rings. The molecule has 0 saturated carbocycles. The number of benzene rings is 1. The molecule has 0 amide bonds. The van der Waals surface area contributed by atoms with Crippen LogP contribution in [0.15, 0.2) is 18.2 Å². The zero-order valence-electron chi connectivity index (χ0n) is 9.75. The lowest BCUT2D eigenvalue weighted by Crippen LogP contribution is -2.22. The molecule has 0 aliphatic carbocycles. The standard InChI is InChI=1S/C12H18N2O2/c1-15-11-5-10(6-12(7-11)16-2)14-9-3-4-13-8-9/h5-7,9,13-14H,3-4,8H2,1-2H3/t9-/m1/s1. The molecular formula is C12H18N2O2. The highest BCUT2D eigenvalue weighted by Gasteiger charge is 2.14. The normalized spacial score (nSPS) is 19.5. The third-order valence-electron chi connectivity index (χ3n) is 2.78. The number of methoxy groups -OCH3 is 2. The topological polar surface area (TPSA) is 42.5 Å². The van der Waals surface area contributed by atoms with Crippen LogP contribution in [0.1, 0.15) is 6.42 Å². The Hall–Kier alpha value is -1.42. The number of ether oxygens (including phenoxy) is 2. The number of hydrogen-bond acceptors (Lipinski definition) is 4. The molecule has 2 rings (SSSR count). The molecule has 2 N–H and O–H groups in total. The summed E-state index contributed by atoms with van der Waals surface area (Å²) in [4.78, 5) is 0. The van der Waals surface area contributed by atoms with E-state index in [1.54, 1.807) is 14.2 Å². The summed E-state index contributed by atoms with van der Waals surface area (Å²) in [7, 11) is 3.32. The molecule has 0 spiro atoms. The van der Waals surface area contributed by atoms with Crippen LogP contribution in [-0.4, -0.2) is 33.4 Å². The van der Waals surface area contributed by atoms with E-state index in [1.807, 2.05) is 18.2 Å². The van der Waals surface area contributed by atoms with Gasteiger partial charge in [-0.25, -0.2) is 0 Å². The van der Waals surface area contributed by atoms with Gasteiger partial charge >= 0.3 is 0 Å². The Bertz CT molecular complexity index is 327. The van der Waals surface area contributed by atoms with Gasteiger partial charge in [-0.2, -0.15) is 0 Å². The molecule has 0 aromatic heterocycles. The number of anilines is 1. The van der Waals surface area contributed by atoms with Crippen molar-refractivity contribution in [3.8, 4) is 11.5 Å². The van der Waals surface area contributed by atoms with E-state index in [4.69, 9.17) is 9.47 Å². The van der Waals surface area contributed by atoms with Crippen molar-refractivity contribution in [1.29, 1.82) is 0 Å². The van der Waals surface area contributed by atoms with E-state index in [-0.39, 0.29) is 0 Å². The van der Waals surface area contributed by atoms with E-state index in [2.05, 4.69) is 10.6 Å². The van der Waals surface area contributed by atoms with Gasteiger partial charge in [-0.15, -0.1) is 0 Å². The lowest BCUT2D eigenvalue weighted by molar-refractivity contribution is 0.394. The summed E-state index contributed by atoms with van der Waals surface area (Å²) in [5, 5.41) is 6.79. The highest BCUT2D eigenvalue weighted by atomic mass is 16.5. The molecule has 1 fully saturated rings. The van der Waals surface area contributed by atoms with Crippen molar-refractivity contribution in [2.75, 3.05) is 32.6 Å². The lowest BCUT2D eigenvalue weighted by Gasteiger charge is -2.15. The predicted molar refractivity (Wildman–Crippen MR) is 64.4 cm³/mol. The van der Waals surface area contributed by atoms with Gasteiger partial charge in [0.15, 0.2) is 0 Å². The van der Waals surface area contributed by atoms with E-state index in [1.165, 1.54) is 0 Å². The second kappa shape index (κ2) is 5.07. The molecule has 1 aliphatic rings. The van der Waals surface area contributed by atoms with Crippen molar-refractivity contribution >= 4 is 5.69 Å². The zero-order valence-corrected chi connectivity index (χ0v) is 9.75. The van der Waals surface area contributed by atoms with E-state index in [0.29, 0.717) is 6.04 Å². The fourth-order valence-electron chi connectivity index (χ4n) is 1.90. The van der Waals surface area contributed by atoms with Crippen molar-refractivity contribution in [1.82, 2.24) is 5.32 Å². The molecule has 1 heterocycles. The first-order valence-corrected chi connectivity index (χ1v) is 5.52. The van der Waals surface area contributed by atoms with Gasteiger partial charge in [0.1, 0.15) is 11.5 Å². The maximum Gasteiger partial charge on any atom is 0.124 e. The van der Waals surface area contributed by atoms with Gasteiger partial charge in [0.05, 0.1) is 14.2 Å². The monoisotopic (exact) mass is 222 g/mol. The minimum atomic E-state index is 0.497. The van der Waals surface area contributed by atoms with Gasteiger partial charge < -0.3 is 20.1 Å².